The number of hydrogen-bond acceptors (Lipinski definition) is 5. The third-order valence-corrected chi connectivity index (χ3v) is 4.04. The summed E-state index contributed by atoms with van der Waals surface area (Å²) in [6.07, 6.45) is 2.50. The van der Waals surface area contributed by atoms with E-state index in [-0.39, 0.29) is 12.0 Å². The molecule has 0 atom stereocenters. The van der Waals surface area contributed by atoms with Gasteiger partial charge in [0.2, 0.25) is 5.91 Å². The maximum atomic E-state index is 12.5. The SMILES string of the molecule is CC(C)(C)OC(=O)N1CCC(C)(C(=O)NNc2ccccn2)CC1. The molecule has 7 nitrogen and oxygen atoms in total. The normalized spacial score (nSPS) is 17.1. The van der Waals surface area contributed by atoms with Crippen LogP contribution in [0.25, 0.3) is 0 Å². The summed E-state index contributed by atoms with van der Waals surface area (Å²) in [7, 11) is 0. The van der Waals surface area contributed by atoms with Gasteiger partial charge in [0.25, 0.3) is 0 Å². The highest BCUT2D eigenvalue weighted by molar-refractivity contribution is 5.83. The maximum absolute atomic E-state index is 12.5. The summed E-state index contributed by atoms with van der Waals surface area (Å²) >= 11 is 0. The molecular formula is C17H26N4O3. The Morgan fingerprint density at radius 1 is 1.25 bits per heavy atom. The zero-order valence-corrected chi connectivity index (χ0v) is 14.8. The summed E-state index contributed by atoms with van der Waals surface area (Å²) in [5.74, 6) is 0.484. The zero-order chi connectivity index (χ0) is 17.8. The highest BCUT2D eigenvalue weighted by atomic mass is 16.6. The first kappa shape index (κ1) is 18.0. The Hall–Kier alpha value is -2.31. The summed E-state index contributed by atoms with van der Waals surface area (Å²) in [4.78, 5) is 30.3. The molecule has 0 bridgehead atoms. The second-order valence-corrected chi connectivity index (χ2v) is 7.32. The van der Waals surface area contributed by atoms with Gasteiger partial charge in [-0.15, -0.1) is 0 Å². The number of ether oxygens (including phenoxy) is 1. The number of rotatable bonds is 3. The van der Waals surface area contributed by atoms with Crippen molar-refractivity contribution in [1.29, 1.82) is 0 Å². The van der Waals surface area contributed by atoms with Crippen molar-refractivity contribution in [3.63, 3.8) is 0 Å². The van der Waals surface area contributed by atoms with E-state index in [1.807, 2.05) is 33.8 Å². The molecule has 1 aromatic rings. The number of carbonyl (C=O) groups excluding carboxylic acids is 2. The standard InChI is InChI=1S/C17H26N4O3/c1-16(2,3)24-15(23)21-11-8-17(4,9-12-21)14(22)20-19-13-7-5-6-10-18-13/h5-7,10H,8-9,11-12H2,1-4H3,(H,18,19)(H,20,22). The van der Waals surface area contributed by atoms with Gasteiger partial charge in [-0.3, -0.25) is 15.6 Å². The molecule has 2 N–H and O–H groups in total. The first-order chi connectivity index (χ1) is 11.2. The van der Waals surface area contributed by atoms with Crippen molar-refractivity contribution < 1.29 is 14.3 Å². The molecule has 2 rings (SSSR count). The average molecular weight is 334 g/mol. The van der Waals surface area contributed by atoms with Gasteiger partial charge >= 0.3 is 6.09 Å². The number of nitrogens with one attached hydrogen (secondary N) is 2. The van der Waals surface area contributed by atoms with Gasteiger partial charge in [0, 0.05) is 19.3 Å². The summed E-state index contributed by atoms with van der Waals surface area (Å²) < 4.78 is 5.38. The maximum Gasteiger partial charge on any atom is 0.410 e. The highest BCUT2D eigenvalue weighted by Gasteiger charge is 2.39. The number of piperidine rings is 1. The van der Waals surface area contributed by atoms with E-state index in [1.165, 1.54) is 0 Å². The molecule has 0 aromatic carbocycles. The van der Waals surface area contributed by atoms with Crippen LogP contribution in [0.3, 0.4) is 0 Å². The van der Waals surface area contributed by atoms with E-state index in [2.05, 4.69) is 15.8 Å². The van der Waals surface area contributed by atoms with E-state index in [0.717, 1.165) is 0 Å². The molecule has 1 saturated heterocycles. The van der Waals surface area contributed by atoms with Gasteiger partial charge in [-0.2, -0.15) is 0 Å². The molecule has 7 heteroatoms. The van der Waals surface area contributed by atoms with Crippen LogP contribution in [-0.2, 0) is 9.53 Å². The Morgan fingerprint density at radius 2 is 1.92 bits per heavy atom. The van der Waals surface area contributed by atoms with Gasteiger partial charge in [0.15, 0.2) is 0 Å². The first-order valence-corrected chi connectivity index (χ1v) is 8.15. The lowest BCUT2D eigenvalue weighted by molar-refractivity contribution is -0.132. The van der Waals surface area contributed by atoms with Crippen molar-refractivity contribution in [2.24, 2.45) is 5.41 Å². The lowest BCUT2D eigenvalue weighted by Crippen LogP contribution is -2.50. The summed E-state index contributed by atoms with van der Waals surface area (Å²) in [6.45, 7) is 8.45. The molecule has 1 fully saturated rings. The van der Waals surface area contributed by atoms with Crippen LogP contribution in [0.1, 0.15) is 40.5 Å². The Morgan fingerprint density at radius 3 is 2.46 bits per heavy atom. The number of nitrogens with zero attached hydrogens (tertiary/aromatic N) is 2. The first-order valence-electron chi connectivity index (χ1n) is 8.15. The Balaban J connectivity index is 1.85. The number of likely N-dealkylation sites (tertiary alicyclic amines) is 1. The molecule has 0 aliphatic carbocycles. The highest BCUT2D eigenvalue weighted by Crippen LogP contribution is 2.31. The fraction of sp³-hybridized carbons (Fsp3) is 0.588. The number of carbonyl (C=O) groups is 2. The van der Waals surface area contributed by atoms with Crippen LogP contribution < -0.4 is 10.9 Å². The molecule has 0 radical (unpaired) electrons. The topological polar surface area (TPSA) is 83.6 Å². The molecule has 132 valence electrons. The molecule has 0 saturated carbocycles. The average Bonchev–Trinajstić information content (AvgIpc) is 2.52. The van der Waals surface area contributed by atoms with Crippen LogP contribution >= 0.6 is 0 Å². The summed E-state index contributed by atoms with van der Waals surface area (Å²) in [6, 6.07) is 5.41. The Kier molecular flexibility index (Phi) is 5.31. The third kappa shape index (κ3) is 4.84. The second-order valence-electron chi connectivity index (χ2n) is 7.32. The largest absolute Gasteiger partial charge is 0.444 e. The van der Waals surface area contributed by atoms with E-state index in [0.29, 0.717) is 31.7 Å². The number of amides is 2. The van der Waals surface area contributed by atoms with Crippen LogP contribution in [0.5, 0.6) is 0 Å². The summed E-state index contributed by atoms with van der Waals surface area (Å²) in [5, 5.41) is 0. The van der Waals surface area contributed by atoms with Crippen molar-refractivity contribution in [2.75, 3.05) is 18.5 Å². The van der Waals surface area contributed by atoms with Gasteiger partial charge < -0.3 is 9.64 Å². The van der Waals surface area contributed by atoms with Gasteiger partial charge in [-0.05, 0) is 45.7 Å². The molecular weight excluding hydrogens is 308 g/mol. The number of aromatic nitrogens is 1. The monoisotopic (exact) mass is 334 g/mol. The predicted octanol–water partition coefficient (Wildman–Crippen LogP) is 2.56. The number of hydrogen-bond donors (Lipinski definition) is 2. The van der Waals surface area contributed by atoms with Crippen LogP contribution in [0.15, 0.2) is 24.4 Å². The van der Waals surface area contributed by atoms with Crippen molar-refractivity contribution in [3.05, 3.63) is 24.4 Å². The van der Waals surface area contributed by atoms with Crippen molar-refractivity contribution in [2.45, 2.75) is 46.1 Å². The lowest BCUT2D eigenvalue weighted by atomic mass is 9.80. The van der Waals surface area contributed by atoms with Crippen molar-refractivity contribution in [1.82, 2.24) is 15.3 Å². The molecule has 0 unspecified atom stereocenters. The van der Waals surface area contributed by atoms with Crippen LogP contribution in [0.2, 0.25) is 0 Å². The molecule has 2 amide bonds. The second kappa shape index (κ2) is 7.07. The molecule has 24 heavy (non-hydrogen) atoms. The number of pyridine rings is 1. The minimum absolute atomic E-state index is 0.100. The quantitative estimate of drug-likeness (QED) is 0.830. The molecule has 2 heterocycles. The van der Waals surface area contributed by atoms with Crippen LogP contribution in [-0.4, -0.2) is 40.6 Å². The van der Waals surface area contributed by atoms with E-state index in [4.69, 9.17) is 4.74 Å². The minimum Gasteiger partial charge on any atom is -0.444 e. The van der Waals surface area contributed by atoms with Crippen LogP contribution in [0.4, 0.5) is 10.6 Å². The molecule has 1 aromatic heterocycles. The van der Waals surface area contributed by atoms with Crippen LogP contribution in [0, 0.1) is 5.41 Å². The Bertz CT molecular complexity index is 575. The third-order valence-electron chi connectivity index (χ3n) is 4.04. The van der Waals surface area contributed by atoms with E-state index in [1.54, 1.807) is 23.2 Å². The van der Waals surface area contributed by atoms with E-state index in [9.17, 15) is 9.59 Å². The van der Waals surface area contributed by atoms with Gasteiger partial charge in [0.05, 0.1) is 5.41 Å². The minimum atomic E-state index is -0.527. The molecule has 1 aliphatic rings. The summed E-state index contributed by atoms with van der Waals surface area (Å²) in [5.41, 5.74) is 4.48. The lowest BCUT2D eigenvalue weighted by Gasteiger charge is -2.38. The van der Waals surface area contributed by atoms with E-state index < -0.39 is 11.0 Å². The molecule has 0 spiro atoms. The van der Waals surface area contributed by atoms with Gasteiger partial charge in [0.1, 0.15) is 11.4 Å². The fourth-order valence-corrected chi connectivity index (χ4v) is 2.44. The Labute approximate surface area is 142 Å². The zero-order valence-electron chi connectivity index (χ0n) is 14.8. The smallest absolute Gasteiger partial charge is 0.410 e. The number of hydrazine groups is 1. The van der Waals surface area contributed by atoms with E-state index >= 15 is 0 Å². The predicted molar refractivity (Wildman–Crippen MR) is 91.2 cm³/mol. The fourth-order valence-electron chi connectivity index (χ4n) is 2.44. The molecule has 1 aliphatic heterocycles. The van der Waals surface area contributed by atoms with Crippen molar-refractivity contribution >= 4 is 17.8 Å². The van der Waals surface area contributed by atoms with Gasteiger partial charge in [-0.25, -0.2) is 9.78 Å². The van der Waals surface area contributed by atoms with Gasteiger partial charge in [-0.1, -0.05) is 13.0 Å². The number of anilines is 1. The van der Waals surface area contributed by atoms with Crippen molar-refractivity contribution in [3.8, 4) is 0 Å².